The number of rotatable bonds is 3. The van der Waals surface area contributed by atoms with Gasteiger partial charge in [-0.2, -0.15) is 0 Å². The Bertz CT molecular complexity index is 857. The molecule has 2 aliphatic heterocycles. The molecule has 4 rings (SSSR count). The minimum atomic E-state index is -0.239. The number of nitrogens with one attached hydrogen (secondary N) is 2. The minimum Gasteiger partial charge on any atom is -0.368 e. The number of para-hydroxylation sites is 1. The number of amides is 1. The van der Waals surface area contributed by atoms with E-state index in [2.05, 4.69) is 39.6 Å². The highest BCUT2D eigenvalue weighted by Crippen LogP contribution is 2.26. The van der Waals surface area contributed by atoms with Gasteiger partial charge in [0.2, 0.25) is 0 Å². The average Bonchev–Trinajstić information content (AvgIpc) is 3.04. The second kappa shape index (κ2) is 7.62. The molecule has 0 bridgehead atoms. The molecule has 2 aromatic carbocycles. The smallest absolute Gasteiger partial charge is 0.269 e. The molecule has 1 atom stereocenters. The third-order valence-corrected chi connectivity index (χ3v) is 5.36. The van der Waals surface area contributed by atoms with Crippen molar-refractivity contribution in [1.82, 2.24) is 15.5 Å². The van der Waals surface area contributed by atoms with Gasteiger partial charge in [-0.05, 0) is 36.9 Å². The maximum absolute atomic E-state index is 12.5. The van der Waals surface area contributed by atoms with Gasteiger partial charge in [0.1, 0.15) is 11.9 Å². The van der Waals surface area contributed by atoms with Gasteiger partial charge < -0.3 is 20.4 Å². The molecule has 6 heteroatoms. The van der Waals surface area contributed by atoms with E-state index in [4.69, 9.17) is 11.6 Å². The SMILES string of the molecule is CN1CCN(c2ccccc2C=C2NC(c3ccc(Cl)cc3)NC2=O)CC1. The van der Waals surface area contributed by atoms with E-state index in [-0.39, 0.29) is 12.1 Å². The molecule has 27 heavy (non-hydrogen) atoms. The van der Waals surface area contributed by atoms with Crippen molar-refractivity contribution in [2.45, 2.75) is 6.17 Å². The summed E-state index contributed by atoms with van der Waals surface area (Å²) in [6.07, 6.45) is 1.70. The van der Waals surface area contributed by atoms with Crippen LogP contribution in [0.1, 0.15) is 17.3 Å². The first-order valence-corrected chi connectivity index (χ1v) is 9.55. The zero-order valence-corrected chi connectivity index (χ0v) is 16.0. The summed E-state index contributed by atoms with van der Waals surface area (Å²) in [5, 5.41) is 6.96. The maximum atomic E-state index is 12.5. The highest BCUT2D eigenvalue weighted by molar-refractivity contribution is 6.30. The van der Waals surface area contributed by atoms with E-state index in [0.717, 1.165) is 37.3 Å². The molecule has 2 fully saturated rings. The third kappa shape index (κ3) is 3.94. The first-order chi connectivity index (χ1) is 13.1. The fourth-order valence-corrected chi connectivity index (χ4v) is 3.62. The predicted octanol–water partition coefficient (Wildman–Crippen LogP) is 2.85. The molecule has 2 heterocycles. The summed E-state index contributed by atoms with van der Waals surface area (Å²) in [6, 6.07) is 15.7. The van der Waals surface area contributed by atoms with Crippen LogP contribution in [0, 0.1) is 0 Å². The van der Waals surface area contributed by atoms with Crippen LogP contribution in [0.2, 0.25) is 5.02 Å². The summed E-state index contributed by atoms with van der Waals surface area (Å²) >= 11 is 5.96. The Morgan fingerprint density at radius 1 is 1.00 bits per heavy atom. The number of nitrogens with zero attached hydrogens (tertiary/aromatic N) is 2. The fourth-order valence-electron chi connectivity index (χ4n) is 3.50. The number of likely N-dealkylation sites (N-methyl/N-ethyl adjacent to an activating group) is 1. The van der Waals surface area contributed by atoms with Gasteiger partial charge >= 0.3 is 0 Å². The molecular weight excluding hydrogens is 360 g/mol. The largest absolute Gasteiger partial charge is 0.368 e. The molecule has 2 aliphatic rings. The van der Waals surface area contributed by atoms with E-state index in [0.29, 0.717) is 10.7 Å². The lowest BCUT2D eigenvalue weighted by Gasteiger charge is -2.34. The Hall–Kier alpha value is -2.50. The third-order valence-electron chi connectivity index (χ3n) is 5.10. The van der Waals surface area contributed by atoms with E-state index in [1.807, 2.05) is 42.5 Å². The van der Waals surface area contributed by atoms with Crippen molar-refractivity contribution in [3.05, 3.63) is 70.4 Å². The fraction of sp³-hybridized carbons (Fsp3) is 0.286. The zero-order chi connectivity index (χ0) is 18.8. The molecule has 2 aromatic rings. The monoisotopic (exact) mass is 382 g/mol. The highest BCUT2D eigenvalue weighted by atomic mass is 35.5. The van der Waals surface area contributed by atoms with E-state index in [1.165, 1.54) is 5.69 Å². The van der Waals surface area contributed by atoms with E-state index in [1.54, 1.807) is 0 Å². The Balaban J connectivity index is 1.57. The van der Waals surface area contributed by atoms with Gasteiger partial charge in [-0.1, -0.05) is 41.9 Å². The summed E-state index contributed by atoms with van der Waals surface area (Å²) in [4.78, 5) is 17.2. The molecule has 5 nitrogen and oxygen atoms in total. The topological polar surface area (TPSA) is 47.6 Å². The van der Waals surface area contributed by atoms with Crippen LogP contribution in [0.4, 0.5) is 5.69 Å². The molecule has 0 aromatic heterocycles. The van der Waals surface area contributed by atoms with Gasteiger partial charge in [0, 0.05) is 42.5 Å². The van der Waals surface area contributed by atoms with E-state index < -0.39 is 0 Å². The van der Waals surface area contributed by atoms with Crippen molar-refractivity contribution in [2.24, 2.45) is 0 Å². The van der Waals surface area contributed by atoms with Crippen molar-refractivity contribution >= 4 is 29.3 Å². The van der Waals surface area contributed by atoms with Crippen molar-refractivity contribution in [1.29, 1.82) is 0 Å². The van der Waals surface area contributed by atoms with Crippen LogP contribution in [0.5, 0.6) is 0 Å². The first-order valence-electron chi connectivity index (χ1n) is 9.17. The zero-order valence-electron chi connectivity index (χ0n) is 15.3. The molecule has 0 saturated carbocycles. The highest BCUT2D eigenvalue weighted by Gasteiger charge is 2.27. The number of hydrogen-bond acceptors (Lipinski definition) is 4. The lowest BCUT2D eigenvalue weighted by Crippen LogP contribution is -2.44. The lowest BCUT2D eigenvalue weighted by molar-refractivity contribution is -0.116. The molecule has 2 N–H and O–H groups in total. The van der Waals surface area contributed by atoms with Crippen LogP contribution in [-0.2, 0) is 4.79 Å². The standard InChI is InChI=1S/C21H23ClN4O/c1-25-10-12-26(13-11-25)19-5-3-2-4-16(19)14-18-21(27)24-20(23-18)15-6-8-17(22)9-7-15/h2-9,14,20,23H,10-13H2,1H3,(H,24,27). The van der Waals surface area contributed by atoms with Crippen molar-refractivity contribution in [2.75, 3.05) is 38.1 Å². The molecule has 1 amide bonds. The first kappa shape index (κ1) is 17.9. The Morgan fingerprint density at radius 3 is 2.44 bits per heavy atom. The van der Waals surface area contributed by atoms with Crippen LogP contribution >= 0.6 is 11.6 Å². The van der Waals surface area contributed by atoms with Crippen LogP contribution in [-0.4, -0.2) is 44.0 Å². The van der Waals surface area contributed by atoms with Crippen LogP contribution in [0.15, 0.2) is 54.2 Å². The van der Waals surface area contributed by atoms with Gasteiger partial charge in [0.05, 0.1) is 0 Å². The molecule has 1 unspecified atom stereocenters. The molecule has 2 saturated heterocycles. The summed E-state index contributed by atoms with van der Waals surface area (Å²) in [5.74, 6) is -0.0943. The summed E-state index contributed by atoms with van der Waals surface area (Å²) < 4.78 is 0. The van der Waals surface area contributed by atoms with Gasteiger partial charge in [-0.25, -0.2) is 0 Å². The number of hydrogen-bond donors (Lipinski definition) is 2. The normalized spacial score (nSPS) is 22.0. The van der Waals surface area contributed by atoms with Gasteiger partial charge in [-0.3, -0.25) is 4.79 Å². The number of carbonyl (C=O) groups is 1. The van der Waals surface area contributed by atoms with Gasteiger partial charge in [-0.15, -0.1) is 0 Å². The Kier molecular flexibility index (Phi) is 5.05. The van der Waals surface area contributed by atoms with Crippen LogP contribution in [0.25, 0.3) is 6.08 Å². The number of piperazine rings is 1. The molecule has 0 aliphatic carbocycles. The minimum absolute atomic E-state index is 0.0943. The molecular formula is C21H23ClN4O. The second-order valence-corrected chi connectivity index (χ2v) is 7.45. The molecule has 0 spiro atoms. The van der Waals surface area contributed by atoms with Crippen molar-refractivity contribution in [3.63, 3.8) is 0 Å². The van der Waals surface area contributed by atoms with E-state index in [9.17, 15) is 4.79 Å². The average molecular weight is 383 g/mol. The Morgan fingerprint density at radius 2 is 1.70 bits per heavy atom. The van der Waals surface area contributed by atoms with E-state index >= 15 is 0 Å². The summed E-state index contributed by atoms with van der Waals surface area (Å²) in [7, 11) is 2.15. The van der Waals surface area contributed by atoms with Crippen LogP contribution < -0.4 is 15.5 Å². The number of benzene rings is 2. The van der Waals surface area contributed by atoms with Crippen molar-refractivity contribution in [3.8, 4) is 0 Å². The quantitative estimate of drug-likeness (QED) is 0.801. The number of halogens is 1. The Labute approximate surface area is 164 Å². The number of anilines is 1. The molecule has 0 radical (unpaired) electrons. The van der Waals surface area contributed by atoms with Crippen LogP contribution in [0.3, 0.4) is 0 Å². The van der Waals surface area contributed by atoms with Gasteiger partial charge in [0.15, 0.2) is 0 Å². The predicted molar refractivity (Wildman–Crippen MR) is 110 cm³/mol. The van der Waals surface area contributed by atoms with Gasteiger partial charge in [0.25, 0.3) is 5.91 Å². The second-order valence-electron chi connectivity index (χ2n) is 7.01. The lowest BCUT2D eigenvalue weighted by atomic mass is 10.1. The van der Waals surface area contributed by atoms with Crippen molar-refractivity contribution < 1.29 is 4.79 Å². The number of carbonyl (C=O) groups excluding carboxylic acids is 1. The summed E-state index contributed by atoms with van der Waals surface area (Å²) in [5.41, 5.74) is 3.78. The maximum Gasteiger partial charge on any atom is 0.269 e. The molecule has 140 valence electrons. The summed E-state index contributed by atoms with van der Waals surface area (Å²) in [6.45, 7) is 4.07.